The van der Waals surface area contributed by atoms with Gasteiger partial charge < -0.3 is 0 Å². The van der Waals surface area contributed by atoms with Gasteiger partial charge in [-0.25, -0.2) is 4.39 Å². The summed E-state index contributed by atoms with van der Waals surface area (Å²) in [6.45, 7) is 4.44. The van der Waals surface area contributed by atoms with E-state index < -0.39 is 0 Å². The van der Waals surface area contributed by atoms with Gasteiger partial charge in [-0.1, -0.05) is 38.8 Å². The van der Waals surface area contributed by atoms with Crippen molar-refractivity contribution in [1.29, 1.82) is 0 Å². The van der Waals surface area contributed by atoms with Gasteiger partial charge in [-0.15, -0.1) is 11.6 Å². The third kappa shape index (κ3) is 4.52. The SMILES string of the molecule is CC(C)CCCC(CCl)c1cccc(F)c1. The Kier molecular flexibility index (Phi) is 5.83. The fraction of sp³-hybridized carbons (Fsp3) is 0.571. The Labute approximate surface area is 103 Å². The maximum absolute atomic E-state index is 13.1. The lowest BCUT2D eigenvalue weighted by atomic mass is 9.93. The molecule has 0 radical (unpaired) electrons. The molecule has 0 aromatic heterocycles. The number of hydrogen-bond acceptors (Lipinski definition) is 0. The van der Waals surface area contributed by atoms with Gasteiger partial charge in [-0.2, -0.15) is 0 Å². The first-order chi connectivity index (χ1) is 7.63. The number of hydrogen-bond donors (Lipinski definition) is 0. The predicted molar refractivity (Wildman–Crippen MR) is 68.6 cm³/mol. The molecule has 1 unspecified atom stereocenters. The molecule has 2 heteroatoms. The molecule has 0 saturated heterocycles. The van der Waals surface area contributed by atoms with Crippen molar-refractivity contribution in [3.8, 4) is 0 Å². The smallest absolute Gasteiger partial charge is 0.123 e. The van der Waals surface area contributed by atoms with Crippen LogP contribution in [0.3, 0.4) is 0 Å². The molecule has 1 atom stereocenters. The lowest BCUT2D eigenvalue weighted by Crippen LogP contribution is -2.02. The van der Waals surface area contributed by atoms with E-state index in [0.29, 0.717) is 5.88 Å². The Morgan fingerprint density at radius 1 is 1.25 bits per heavy atom. The van der Waals surface area contributed by atoms with Crippen molar-refractivity contribution < 1.29 is 4.39 Å². The minimum atomic E-state index is -0.170. The summed E-state index contributed by atoms with van der Waals surface area (Å²) in [6, 6.07) is 6.80. The Morgan fingerprint density at radius 2 is 2.00 bits per heavy atom. The molecule has 0 aliphatic carbocycles. The van der Waals surface area contributed by atoms with E-state index in [1.807, 2.05) is 6.07 Å². The van der Waals surface area contributed by atoms with E-state index in [9.17, 15) is 4.39 Å². The summed E-state index contributed by atoms with van der Waals surface area (Å²) in [7, 11) is 0. The molecule has 0 heterocycles. The second-order valence-electron chi connectivity index (χ2n) is 4.73. The molecule has 1 aromatic carbocycles. The van der Waals surface area contributed by atoms with Gasteiger partial charge in [0.2, 0.25) is 0 Å². The third-order valence-electron chi connectivity index (χ3n) is 2.84. The van der Waals surface area contributed by atoms with Crippen LogP contribution in [-0.4, -0.2) is 5.88 Å². The topological polar surface area (TPSA) is 0 Å². The minimum Gasteiger partial charge on any atom is -0.207 e. The number of halogens is 2. The van der Waals surface area contributed by atoms with Crippen LogP contribution >= 0.6 is 11.6 Å². The fourth-order valence-corrected chi connectivity index (χ4v) is 2.20. The highest BCUT2D eigenvalue weighted by Crippen LogP contribution is 2.25. The monoisotopic (exact) mass is 242 g/mol. The number of alkyl halides is 1. The highest BCUT2D eigenvalue weighted by Gasteiger charge is 2.11. The average molecular weight is 243 g/mol. The first kappa shape index (κ1) is 13.5. The molecule has 0 N–H and O–H groups in total. The molecule has 0 spiro atoms. The summed E-state index contributed by atoms with van der Waals surface area (Å²) in [5, 5.41) is 0. The maximum Gasteiger partial charge on any atom is 0.123 e. The molecule has 0 bridgehead atoms. The van der Waals surface area contributed by atoms with Gasteiger partial charge in [-0.05, 0) is 36.0 Å². The Bertz CT molecular complexity index is 309. The van der Waals surface area contributed by atoms with Crippen LogP contribution in [-0.2, 0) is 0 Å². The van der Waals surface area contributed by atoms with E-state index >= 15 is 0 Å². The Hall–Kier alpha value is -0.560. The van der Waals surface area contributed by atoms with Crippen molar-refractivity contribution in [1.82, 2.24) is 0 Å². The number of benzene rings is 1. The van der Waals surface area contributed by atoms with Crippen molar-refractivity contribution in [2.75, 3.05) is 5.88 Å². The molecule has 0 nitrogen and oxygen atoms in total. The molecule has 1 aromatic rings. The zero-order valence-corrected chi connectivity index (χ0v) is 10.8. The summed E-state index contributed by atoms with van der Waals surface area (Å²) < 4.78 is 13.1. The minimum absolute atomic E-state index is 0.170. The van der Waals surface area contributed by atoms with Crippen molar-refractivity contribution in [2.24, 2.45) is 5.92 Å². The van der Waals surface area contributed by atoms with E-state index in [4.69, 9.17) is 11.6 Å². The molecule has 0 fully saturated rings. The quantitative estimate of drug-likeness (QED) is 0.618. The van der Waals surface area contributed by atoms with Gasteiger partial charge in [-0.3, -0.25) is 0 Å². The van der Waals surface area contributed by atoms with E-state index in [0.717, 1.165) is 24.3 Å². The maximum atomic E-state index is 13.1. The summed E-state index contributed by atoms with van der Waals surface area (Å²) in [5.41, 5.74) is 1.03. The van der Waals surface area contributed by atoms with Gasteiger partial charge in [0.15, 0.2) is 0 Å². The molecular weight excluding hydrogens is 223 g/mol. The van der Waals surface area contributed by atoms with Gasteiger partial charge in [0.25, 0.3) is 0 Å². The fourth-order valence-electron chi connectivity index (χ4n) is 1.87. The zero-order chi connectivity index (χ0) is 12.0. The molecule has 0 amide bonds. The standard InChI is InChI=1S/C14H20ClF/c1-11(2)5-3-7-13(10-15)12-6-4-8-14(16)9-12/h4,6,8-9,11,13H,3,5,7,10H2,1-2H3. The van der Waals surface area contributed by atoms with Crippen LogP contribution in [0, 0.1) is 11.7 Å². The molecule has 0 saturated carbocycles. The molecule has 16 heavy (non-hydrogen) atoms. The van der Waals surface area contributed by atoms with Crippen LogP contribution in [0.4, 0.5) is 4.39 Å². The zero-order valence-electron chi connectivity index (χ0n) is 10.0. The lowest BCUT2D eigenvalue weighted by molar-refractivity contribution is 0.512. The van der Waals surface area contributed by atoms with Gasteiger partial charge in [0.1, 0.15) is 5.82 Å². The van der Waals surface area contributed by atoms with Crippen LogP contribution in [0.15, 0.2) is 24.3 Å². The van der Waals surface area contributed by atoms with Crippen molar-refractivity contribution >= 4 is 11.6 Å². The van der Waals surface area contributed by atoms with Gasteiger partial charge >= 0.3 is 0 Å². The van der Waals surface area contributed by atoms with E-state index in [1.54, 1.807) is 12.1 Å². The first-order valence-corrected chi connectivity index (χ1v) is 6.48. The van der Waals surface area contributed by atoms with Gasteiger partial charge in [0, 0.05) is 5.88 Å². The first-order valence-electron chi connectivity index (χ1n) is 5.95. The Balaban J connectivity index is 2.53. The second-order valence-corrected chi connectivity index (χ2v) is 5.04. The van der Waals surface area contributed by atoms with Gasteiger partial charge in [0.05, 0.1) is 0 Å². The highest BCUT2D eigenvalue weighted by molar-refractivity contribution is 6.18. The van der Waals surface area contributed by atoms with E-state index in [1.165, 1.54) is 12.5 Å². The van der Waals surface area contributed by atoms with Crippen molar-refractivity contribution in [3.05, 3.63) is 35.6 Å². The molecule has 0 aliphatic rings. The van der Waals surface area contributed by atoms with E-state index in [2.05, 4.69) is 13.8 Å². The average Bonchev–Trinajstić information content (AvgIpc) is 2.24. The summed E-state index contributed by atoms with van der Waals surface area (Å²) in [6.07, 6.45) is 3.42. The van der Waals surface area contributed by atoms with E-state index in [-0.39, 0.29) is 11.7 Å². The normalized spacial score (nSPS) is 13.1. The van der Waals surface area contributed by atoms with Crippen LogP contribution < -0.4 is 0 Å². The lowest BCUT2D eigenvalue weighted by Gasteiger charge is -2.15. The van der Waals surface area contributed by atoms with Crippen LogP contribution in [0.25, 0.3) is 0 Å². The van der Waals surface area contributed by atoms with Crippen LogP contribution in [0.5, 0.6) is 0 Å². The van der Waals surface area contributed by atoms with Crippen LogP contribution in [0.2, 0.25) is 0 Å². The van der Waals surface area contributed by atoms with Crippen molar-refractivity contribution in [3.63, 3.8) is 0 Å². The largest absolute Gasteiger partial charge is 0.207 e. The molecule has 90 valence electrons. The summed E-state index contributed by atoms with van der Waals surface area (Å²) in [5.74, 6) is 1.41. The second kappa shape index (κ2) is 6.90. The number of rotatable bonds is 6. The summed E-state index contributed by atoms with van der Waals surface area (Å²) in [4.78, 5) is 0. The molecular formula is C14H20ClF. The highest BCUT2D eigenvalue weighted by atomic mass is 35.5. The Morgan fingerprint density at radius 3 is 2.56 bits per heavy atom. The summed E-state index contributed by atoms with van der Waals surface area (Å²) >= 11 is 5.95. The third-order valence-corrected chi connectivity index (χ3v) is 3.21. The predicted octanol–water partition coefficient (Wildman–Crippen LogP) is 4.97. The van der Waals surface area contributed by atoms with Crippen molar-refractivity contribution in [2.45, 2.75) is 39.0 Å². The van der Waals surface area contributed by atoms with Crippen LogP contribution in [0.1, 0.15) is 44.6 Å². The molecule has 1 rings (SSSR count). The molecule has 0 aliphatic heterocycles.